The molecule has 0 radical (unpaired) electrons. The lowest BCUT2D eigenvalue weighted by Gasteiger charge is -2.37. The van der Waals surface area contributed by atoms with Gasteiger partial charge in [-0.25, -0.2) is 0 Å². The number of ether oxygens (including phenoxy) is 1. The van der Waals surface area contributed by atoms with Gasteiger partial charge in [-0.2, -0.15) is 0 Å². The molecule has 5 heteroatoms. The number of morpholine rings is 1. The topological polar surface area (TPSA) is 32.7 Å². The molecule has 1 aromatic rings. The van der Waals surface area contributed by atoms with Crippen molar-refractivity contribution in [1.29, 1.82) is 0 Å². The lowest BCUT2D eigenvalue weighted by molar-refractivity contribution is -0.0961. The van der Waals surface area contributed by atoms with Crippen LogP contribution >= 0.6 is 23.2 Å². The number of halogens is 2. The van der Waals surface area contributed by atoms with Gasteiger partial charge in [-0.15, -0.1) is 0 Å². The second kappa shape index (κ2) is 6.42. The summed E-state index contributed by atoms with van der Waals surface area (Å²) in [6.07, 6.45) is -1.03. The number of hydrogen-bond acceptors (Lipinski definition) is 3. The fourth-order valence-corrected chi connectivity index (χ4v) is 2.71. The summed E-state index contributed by atoms with van der Waals surface area (Å²) >= 11 is 12.1. The van der Waals surface area contributed by atoms with Crippen LogP contribution in [0.1, 0.15) is 25.5 Å². The van der Waals surface area contributed by atoms with Crippen molar-refractivity contribution in [3.63, 3.8) is 0 Å². The Morgan fingerprint density at radius 1 is 1.37 bits per heavy atom. The fraction of sp³-hybridized carbons (Fsp3) is 0.571. The Bertz CT molecular complexity index is 439. The van der Waals surface area contributed by atoms with E-state index in [1.807, 2.05) is 0 Å². The van der Waals surface area contributed by atoms with E-state index < -0.39 is 6.10 Å². The van der Waals surface area contributed by atoms with Crippen LogP contribution in [0, 0.1) is 0 Å². The van der Waals surface area contributed by atoms with Crippen molar-refractivity contribution in [3.05, 3.63) is 33.8 Å². The molecule has 3 nitrogen and oxygen atoms in total. The van der Waals surface area contributed by atoms with Crippen molar-refractivity contribution in [2.24, 2.45) is 0 Å². The molecule has 0 saturated carbocycles. The summed E-state index contributed by atoms with van der Waals surface area (Å²) in [5.74, 6) is 0. The van der Waals surface area contributed by atoms with Crippen LogP contribution in [0.4, 0.5) is 0 Å². The normalized spacial score (nSPS) is 22.7. The van der Waals surface area contributed by atoms with Crippen LogP contribution in [0.5, 0.6) is 0 Å². The smallest absolute Gasteiger partial charge is 0.108 e. The molecule has 1 aliphatic heterocycles. The first kappa shape index (κ1) is 15.1. The van der Waals surface area contributed by atoms with Gasteiger partial charge in [0.05, 0.1) is 6.61 Å². The van der Waals surface area contributed by atoms with E-state index in [4.69, 9.17) is 27.9 Å². The van der Waals surface area contributed by atoms with Gasteiger partial charge in [0.2, 0.25) is 0 Å². The SMILES string of the molecule is CC(C)N1CCOC(C(O)c2cc(Cl)ccc2Cl)C1. The lowest BCUT2D eigenvalue weighted by atomic mass is 10.0. The third-order valence-electron chi connectivity index (χ3n) is 3.48. The molecule has 19 heavy (non-hydrogen) atoms. The molecule has 2 unspecified atom stereocenters. The van der Waals surface area contributed by atoms with Gasteiger partial charge in [-0.3, -0.25) is 4.90 Å². The zero-order chi connectivity index (χ0) is 14.0. The molecule has 1 heterocycles. The van der Waals surface area contributed by atoms with Crippen molar-refractivity contribution in [2.75, 3.05) is 19.7 Å². The predicted octanol–water partition coefficient (Wildman–Crippen LogP) is 3.14. The highest BCUT2D eigenvalue weighted by Gasteiger charge is 2.30. The van der Waals surface area contributed by atoms with Crippen molar-refractivity contribution >= 4 is 23.2 Å². The molecule has 0 amide bonds. The molecule has 2 atom stereocenters. The number of nitrogens with zero attached hydrogens (tertiary/aromatic N) is 1. The molecule has 1 aliphatic rings. The van der Waals surface area contributed by atoms with E-state index in [2.05, 4.69) is 18.7 Å². The first-order valence-corrected chi connectivity index (χ1v) is 7.23. The van der Waals surface area contributed by atoms with E-state index in [1.54, 1.807) is 18.2 Å². The van der Waals surface area contributed by atoms with Gasteiger partial charge in [-0.1, -0.05) is 23.2 Å². The molecule has 0 spiro atoms. The van der Waals surface area contributed by atoms with Crippen molar-refractivity contribution in [2.45, 2.75) is 32.1 Å². The first-order chi connectivity index (χ1) is 8.99. The minimum atomic E-state index is -0.757. The first-order valence-electron chi connectivity index (χ1n) is 6.47. The second-order valence-electron chi connectivity index (χ2n) is 5.11. The lowest BCUT2D eigenvalue weighted by Crippen LogP contribution is -2.47. The summed E-state index contributed by atoms with van der Waals surface area (Å²) in [5.41, 5.74) is 0.629. The molecule has 1 saturated heterocycles. The number of rotatable bonds is 3. The largest absolute Gasteiger partial charge is 0.386 e. The van der Waals surface area contributed by atoms with Gasteiger partial charge in [0.15, 0.2) is 0 Å². The van der Waals surface area contributed by atoms with Gasteiger partial charge in [0.1, 0.15) is 12.2 Å². The molecule has 1 N–H and O–H groups in total. The van der Waals surface area contributed by atoms with E-state index in [0.717, 1.165) is 6.54 Å². The number of aliphatic hydroxyl groups excluding tert-OH is 1. The van der Waals surface area contributed by atoms with Crippen LogP contribution in [0.15, 0.2) is 18.2 Å². The average molecular weight is 304 g/mol. The number of aliphatic hydroxyl groups is 1. The third kappa shape index (κ3) is 3.61. The Morgan fingerprint density at radius 2 is 2.11 bits per heavy atom. The zero-order valence-electron chi connectivity index (χ0n) is 11.1. The van der Waals surface area contributed by atoms with Crippen LogP contribution in [0.2, 0.25) is 10.0 Å². The van der Waals surface area contributed by atoms with Crippen molar-refractivity contribution in [3.8, 4) is 0 Å². The molecular weight excluding hydrogens is 285 g/mol. The van der Waals surface area contributed by atoms with E-state index in [9.17, 15) is 5.11 Å². The van der Waals surface area contributed by atoms with Crippen LogP contribution < -0.4 is 0 Å². The molecular formula is C14H19Cl2NO2. The summed E-state index contributed by atoms with van der Waals surface area (Å²) in [6, 6.07) is 5.55. The highest BCUT2D eigenvalue weighted by molar-refractivity contribution is 6.33. The quantitative estimate of drug-likeness (QED) is 0.931. The molecule has 1 fully saturated rings. The van der Waals surface area contributed by atoms with E-state index in [1.165, 1.54) is 0 Å². The van der Waals surface area contributed by atoms with Gasteiger partial charge < -0.3 is 9.84 Å². The van der Waals surface area contributed by atoms with E-state index in [-0.39, 0.29) is 6.10 Å². The van der Waals surface area contributed by atoms with Crippen LogP contribution in [-0.4, -0.2) is 41.8 Å². The standard InChI is InChI=1S/C14H19Cl2NO2/c1-9(2)17-5-6-19-13(8-17)14(18)11-7-10(15)3-4-12(11)16/h3-4,7,9,13-14,18H,5-6,8H2,1-2H3. The predicted molar refractivity (Wildman–Crippen MR) is 77.9 cm³/mol. The summed E-state index contributed by atoms with van der Waals surface area (Å²) < 4.78 is 5.68. The Hall–Kier alpha value is -0.320. The summed E-state index contributed by atoms with van der Waals surface area (Å²) in [4.78, 5) is 2.29. The van der Waals surface area contributed by atoms with E-state index >= 15 is 0 Å². The van der Waals surface area contributed by atoms with Crippen LogP contribution in [0.25, 0.3) is 0 Å². The fourth-order valence-electron chi connectivity index (χ4n) is 2.30. The Balaban J connectivity index is 2.14. The molecule has 1 aromatic carbocycles. The third-order valence-corrected chi connectivity index (χ3v) is 4.06. The van der Waals surface area contributed by atoms with Gasteiger partial charge >= 0.3 is 0 Å². The summed E-state index contributed by atoms with van der Waals surface area (Å²) in [6.45, 7) is 6.49. The molecule has 106 valence electrons. The maximum atomic E-state index is 10.5. The van der Waals surface area contributed by atoms with Crippen molar-refractivity contribution in [1.82, 2.24) is 4.90 Å². The Kier molecular flexibility index (Phi) is 5.09. The second-order valence-corrected chi connectivity index (χ2v) is 5.95. The highest BCUT2D eigenvalue weighted by atomic mass is 35.5. The Labute approximate surface area is 124 Å². The monoisotopic (exact) mass is 303 g/mol. The average Bonchev–Trinajstić information content (AvgIpc) is 2.41. The molecule has 2 rings (SSSR count). The maximum absolute atomic E-state index is 10.5. The Morgan fingerprint density at radius 3 is 2.79 bits per heavy atom. The number of benzene rings is 1. The van der Waals surface area contributed by atoms with E-state index in [0.29, 0.717) is 34.8 Å². The summed E-state index contributed by atoms with van der Waals surface area (Å²) in [7, 11) is 0. The summed E-state index contributed by atoms with van der Waals surface area (Å²) in [5, 5.41) is 11.5. The van der Waals surface area contributed by atoms with Crippen LogP contribution in [-0.2, 0) is 4.74 Å². The van der Waals surface area contributed by atoms with Crippen LogP contribution in [0.3, 0.4) is 0 Å². The minimum absolute atomic E-state index is 0.271. The van der Waals surface area contributed by atoms with Gasteiger partial charge in [0.25, 0.3) is 0 Å². The number of hydrogen-bond donors (Lipinski definition) is 1. The molecule has 0 bridgehead atoms. The molecule has 0 aromatic heterocycles. The zero-order valence-corrected chi connectivity index (χ0v) is 12.7. The van der Waals surface area contributed by atoms with Gasteiger partial charge in [-0.05, 0) is 32.0 Å². The highest BCUT2D eigenvalue weighted by Crippen LogP contribution is 2.30. The molecule has 0 aliphatic carbocycles. The van der Waals surface area contributed by atoms with Gasteiger partial charge in [0, 0.05) is 34.7 Å². The minimum Gasteiger partial charge on any atom is -0.386 e. The van der Waals surface area contributed by atoms with Crippen molar-refractivity contribution < 1.29 is 9.84 Å². The maximum Gasteiger partial charge on any atom is 0.108 e.